The lowest BCUT2D eigenvalue weighted by Gasteiger charge is -2.49. The van der Waals surface area contributed by atoms with E-state index in [2.05, 4.69) is 27.0 Å². The van der Waals surface area contributed by atoms with Gasteiger partial charge in [0.1, 0.15) is 12.1 Å². The number of carbonyl (C=O) groups excluding carboxylic acids is 1. The molecule has 0 aliphatic carbocycles. The third-order valence-electron chi connectivity index (χ3n) is 6.07. The van der Waals surface area contributed by atoms with Crippen LogP contribution in [0.2, 0.25) is 0 Å². The zero-order valence-corrected chi connectivity index (χ0v) is 16.0. The Kier molecular flexibility index (Phi) is 4.72. The van der Waals surface area contributed by atoms with Gasteiger partial charge in [0, 0.05) is 32.7 Å². The van der Waals surface area contributed by atoms with Crippen LogP contribution in [-0.2, 0) is 4.79 Å². The van der Waals surface area contributed by atoms with Crippen molar-refractivity contribution in [3.05, 3.63) is 48.3 Å². The summed E-state index contributed by atoms with van der Waals surface area (Å²) < 4.78 is 5.22. The molecule has 1 unspecified atom stereocenters. The number of nitrogens with zero attached hydrogens (tertiary/aromatic N) is 4. The summed E-state index contributed by atoms with van der Waals surface area (Å²) in [6.45, 7) is 2.71. The second-order valence-corrected chi connectivity index (χ2v) is 7.77. The summed E-state index contributed by atoms with van der Waals surface area (Å²) in [4.78, 5) is 25.5. The van der Waals surface area contributed by atoms with E-state index in [4.69, 9.17) is 4.74 Å². The number of hydrogen-bond acceptors (Lipinski definition) is 5. The Morgan fingerprint density at radius 1 is 1.15 bits per heavy atom. The van der Waals surface area contributed by atoms with E-state index in [1.54, 1.807) is 13.4 Å². The summed E-state index contributed by atoms with van der Waals surface area (Å²) in [6, 6.07) is 12.1. The minimum Gasteiger partial charge on any atom is -0.481 e. The van der Waals surface area contributed by atoms with Crippen LogP contribution in [0.25, 0.3) is 0 Å². The number of methoxy groups -OCH3 is 1. The van der Waals surface area contributed by atoms with Gasteiger partial charge in [0.25, 0.3) is 0 Å². The molecule has 2 saturated heterocycles. The molecule has 0 N–H and O–H groups in total. The first kappa shape index (κ1) is 17.8. The fourth-order valence-corrected chi connectivity index (χ4v) is 4.56. The fraction of sp³-hybridized carbons (Fsp3) is 0.476. The average Bonchev–Trinajstić information content (AvgIpc) is 2.72. The maximum atomic E-state index is 12.8. The first-order valence-corrected chi connectivity index (χ1v) is 9.51. The topological polar surface area (TPSA) is 58.6 Å². The highest BCUT2D eigenvalue weighted by molar-refractivity contribution is 5.84. The molecule has 2 aliphatic heterocycles. The molecule has 1 aromatic heterocycles. The number of hydrogen-bond donors (Lipinski definition) is 0. The Balaban J connectivity index is 1.50. The molecule has 1 aromatic carbocycles. The smallest absolute Gasteiger partial charge is 0.229 e. The molecule has 27 heavy (non-hydrogen) atoms. The molecule has 1 spiro atoms. The van der Waals surface area contributed by atoms with Gasteiger partial charge in [-0.3, -0.25) is 4.79 Å². The monoisotopic (exact) mass is 366 g/mol. The van der Waals surface area contributed by atoms with E-state index in [1.807, 2.05) is 36.2 Å². The maximum Gasteiger partial charge on any atom is 0.229 e. The molecule has 4 rings (SSSR count). The van der Waals surface area contributed by atoms with E-state index in [0.29, 0.717) is 5.88 Å². The van der Waals surface area contributed by atoms with Crippen LogP contribution >= 0.6 is 0 Å². The molecule has 2 fully saturated rings. The molecule has 142 valence electrons. The SMILES string of the molecule is COc1cc(N2CCC3(CC2)CC(c2ccccc2)C(=O)N(C)C3)ncn1. The van der Waals surface area contributed by atoms with Crippen molar-refractivity contribution in [2.24, 2.45) is 5.41 Å². The third-order valence-corrected chi connectivity index (χ3v) is 6.07. The highest BCUT2D eigenvalue weighted by Gasteiger charge is 2.45. The number of ether oxygens (including phenoxy) is 1. The van der Waals surface area contributed by atoms with Crippen LogP contribution in [0.15, 0.2) is 42.7 Å². The zero-order valence-electron chi connectivity index (χ0n) is 16.0. The molecule has 2 aliphatic rings. The Bertz CT molecular complexity index is 803. The second-order valence-electron chi connectivity index (χ2n) is 7.77. The quantitative estimate of drug-likeness (QED) is 0.836. The minimum atomic E-state index is -0.0318. The minimum absolute atomic E-state index is 0.0318. The molecule has 6 heteroatoms. The normalized spacial score (nSPS) is 22.1. The highest BCUT2D eigenvalue weighted by atomic mass is 16.5. The number of rotatable bonds is 3. The third kappa shape index (κ3) is 3.48. The van der Waals surface area contributed by atoms with Gasteiger partial charge in [-0.2, -0.15) is 0 Å². The number of benzene rings is 1. The Hall–Kier alpha value is -2.63. The van der Waals surface area contributed by atoms with Crippen molar-refractivity contribution in [3.8, 4) is 5.88 Å². The average molecular weight is 366 g/mol. The molecule has 3 heterocycles. The van der Waals surface area contributed by atoms with Crippen molar-refractivity contribution >= 4 is 11.7 Å². The molecule has 0 saturated carbocycles. The first-order chi connectivity index (χ1) is 13.1. The molecule has 1 atom stereocenters. The van der Waals surface area contributed by atoms with Gasteiger partial charge in [-0.15, -0.1) is 0 Å². The number of likely N-dealkylation sites (N-methyl/N-ethyl adjacent to an activating group) is 1. The van der Waals surface area contributed by atoms with E-state index < -0.39 is 0 Å². The van der Waals surface area contributed by atoms with Crippen LogP contribution in [0.4, 0.5) is 5.82 Å². The van der Waals surface area contributed by atoms with E-state index >= 15 is 0 Å². The van der Waals surface area contributed by atoms with Gasteiger partial charge < -0.3 is 14.5 Å². The Morgan fingerprint density at radius 3 is 2.59 bits per heavy atom. The lowest BCUT2D eigenvalue weighted by Crippen LogP contribution is -2.52. The van der Waals surface area contributed by atoms with E-state index in [0.717, 1.165) is 50.3 Å². The molecule has 1 amide bonds. The molecule has 6 nitrogen and oxygen atoms in total. The lowest BCUT2D eigenvalue weighted by atomic mass is 9.68. The van der Waals surface area contributed by atoms with Crippen molar-refractivity contribution in [2.45, 2.75) is 25.2 Å². The second kappa shape index (κ2) is 7.18. The molecule has 0 radical (unpaired) electrons. The summed E-state index contributed by atoms with van der Waals surface area (Å²) in [5.41, 5.74) is 1.31. The highest BCUT2D eigenvalue weighted by Crippen LogP contribution is 2.45. The van der Waals surface area contributed by atoms with Gasteiger partial charge in [0.05, 0.1) is 13.0 Å². The van der Waals surface area contributed by atoms with Gasteiger partial charge in [0.15, 0.2) is 0 Å². The standard InChI is InChI=1S/C21H26N4O2/c1-24-14-21(13-17(20(24)26)16-6-4-3-5-7-16)8-10-25(11-9-21)18-12-19(27-2)23-15-22-18/h3-7,12,15,17H,8-11,13-14H2,1-2H3. The molecular formula is C21H26N4O2. The van der Waals surface area contributed by atoms with Crippen LogP contribution in [0, 0.1) is 5.41 Å². The van der Waals surface area contributed by atoms with Gasteiger partial charge in [-0.05, 0) is 30.2 Å². The Labute approximate surface area is 160 Å². The van der Waals surface area contributed by atoms with Gasteiger partial charge >= 0.3 is 0 Å². The summed E-state index contributed by atoms with van der Waals surface area (Å²) in [5.74, 6) is 1.72. The van der Waals surface area contributed by atoms with E-state index in [9.17, 15) is 4.79 Å². The lowest BCUT2D eigenvalue weighted by molar-refractivity contribution is -0.138. The maximum absolute atomic E-state index is 12.8. The number of anilines is 1. The van der Waals surface area contributed by atoms with Crippen molar-refractivity contribution in [2.75, 3.05) is 38.7 Å². The number of likely N-dealkylation sites (tertiary alicyclic amines) is 1. The molecule has 2 aromatic rings. The fourth-order valence-electron chi connectivity index (χ4n) is 4.56. The largest absolute Gasteiger partial charge is 0.481 e. The first-order valence-electron chi connectivity index (χ1n) is 9.51. The van der Waals surface area contributed by atoms with Crippen LogP contribution in [-0.4, -0.2) is 54.6 Å². The van der Waals surface area contributed by atoms with E-state index in [1.165, 1.54) is 0 Å². The Morgan fingerprint density at radius 2 is 1.89 bits per heavy atom. The van der Waals surface area contributed by atoms with Gasteiger partial charge in [-0.1, -0.05) is 30.3 Å². The van der Waals surface area contributed by atoms with E-state index in [-0.39, 0.29) is 17.2 Å². The summed E-state index contributed by atoms with van der Waals surface area (Å²) >= 11 is 0. The van der Waals surface area contributed by atoms with Crippen molar-refractivity contribution < 1.29 is 9.53 Å². The van der Waals surface area contributed by atoms with Crippen molar-refractivity contribution in [3.63, 3.8) is 0 Å². The number of aromatic nitrogens is 2. The number of piperidine rings is 2. The van der Waals surface area contributed by atoms with Gasteiger partial charge in [0.2, 0.25) is 11.8 Å². The van der Waals surface area contributed by atoms with Crippen LogP contribution in [0.1, 0.15) is 30.7 Å². The summed E-state index contributed by atoms with van der Waals surface area (Å²) in [6.07, 6.45) is 4.60. The predicted octanol–water partition coefficient (Wildman–Crippen LogP) is 2.72. The zero-order chi connectivity index (χ0) is 18.9. The summed E-state index contributed by atoms with van der Waals surface area (Å²) in [7, 11) is 3.57. The molecular weight excluding hydrogens is 340 g/mol. The van der Waals surface area contributed by atoms with Crippen LogP contribution < -0.4 is 9.64 Å². The number of amides is 1. The van der Waals surface area contributed by atoms with Crippen molar-refractivity contribution in [1.82, 2.24) is 14.9 Å². The number of carbonyl (C=O) groups is 1. The molecule has 0 bridgehead atoms. The van der Waals surface area contributed by atoms with Crippen molar-refractivity contribution in [1.29, 1.82) is 0 Å². The predicted molar refractivity (Wildman–Crippen MR) is 104 cm³/mol. The van der Waals surface area contributed by atoms with Gasteiger partial charge in [-0.25, -0.2) is 9.97 Å². The van der Waals surface area contributed by atoms with Crippen LogP contribution in [0.3, 0.4) is 0 Å². The van der Waals surface area contributed by atoms with Crippen LogP contribution in [0.5, 0.6) is 5.88 Å². The summed E-state index contributed by atoms with van der Waals surface area (Å²) in [5, 5.41) is 0.